The van der Waals surface area contributed by atoms with Gasteiger partial charge in [0.05, 0.1) is 7.11 Å². The Morgan fingerprint density at radius 1 is 0.867 bits per heavy atom. The molecular weight excluding hydrogens is 372 g/mol. The van der Waals surface area contributed by atoms with Crippen molar-refractivity contribution in [3.8, 4) is 5.75 Å². The first kappa shape index (κ1) is 26.1. The number of carbonyl (C=O) groups excluding carboxylic acids is 1. The largest absolute Gasteiger partial charge is 0.497 e. The highest BCUT2D eigenvalue weighted by Crippen LogP contribution is 2.16. The smallest absolute Gasteiger partial charge is 0.319 e. The molecule has 0 spiro atoms. The molecule has 0 saturated heterocycles. The first-order chi connectivity index (χ1) is 14.8. The lowest BCUT2D eigenvalue weighted by Gasteiger charge is -2.08. The Balaban J connectivity index is 1.86. The molecule has 170 valence electrons. The third-order valence-corrected chi connectivity index (χ3v) is 5.30. The van der Waals surface area contributed by atoms with Gasteiger partial charge in [0.2, 0.25) is 0 Å². The molecule has 0 radical (unpaired) electrons. The van der Waals surface area contributed by atoms with Gasteiger partial charge in [0, 0.05) is 18.3 Å². The fraction of sp³-hybridized carbons (Fsp3) is 0.654. The number of amides is 2. The van der Waals surface area contributed by atoms with Crippen molar-refractivity contribution in [1.29, 1.82) is 0 Å². The van der Waals surface area contributed by atoms with E-state index in [2.05, 4.69) is 29.7 Å². The number of nitrogens with one attached hydrogen (secondary N) is 2. The molecule has 0 aromatic heterocycles. The maximum atomic E-state index is 11.9. The molecule has 0 aliphatic carbocycles. The van der Waals surface area contributed by atoms with Crippen LogP contribution in [0.3, 0.4) is 0 Å². The van der Waals surface area contributed by atoms with Crippen molar-refractivity contribution in [3.63, 3.8) is 0 Å². The van der Waals surface area contributed by atoms with Crippen LogP contribution >= 0.6 is 0 Å². The van der Waals surface area contributed by atoms with Crippen LogP contribution in [0.25, 0.3) is 0 Å². The lowest BCUT2D eigenvalue weighted by atomic mass is 10.1. The van der Waals surface area contributed by atoms with Crippen molar-refractivity contribution < 1.29 is 9.53 Å². The number of allylic oxidation sites excluding steroid dienone is 2. The van der Waals surface area contributed by atoms with E-state index in [9.17, 15) is 4.79 Å². The third-order valence-electron chi connectivity index (χ3n) is 5.30. The van der Waals surface area contributed by atoms with Crippen LogP contribution in [-0.4, -0.2) is 19.7 Å². The number of hydrogen-bond acceptors (Lipinski definition) is 2. The Morgan fingerprint density at radius 2 is 1.47 bits per heavy atom. The van der Waals surface area contributed by atoms with Gasteiger partial charge in [-0.3, -0.25) is 0 Å². The summed E-state index contributed by atoms with van der Waals surface area (Å²) in [4.78, 5) is 11.9. The van der Waals surface area contributed by atoms with E-state index >= 15 is 0 Å². The molecule has 0 heterocycles. The van der Waals surface area contributed by atoms with Crippen molar-refractivity contribution in [2.24, 2.45) is 0 Å². The van der Waals surface area contributed by atoms with E-state index in [-0.39, 0.29) is 6.03 Å². The van der Waals surface area contributed by atoms with E-state index in [1.54, 1.807) is 7.11 Å². The van der Waals surface area contributed by atoms with Crippen molar-refractivity contribution in [1.82, 2.24) is 5.32 Å². The maximum Gasteiger partial charge on any atom is 0.319 e. The first-order valence-corrected chi connectivity index (χ1v) is 12.1. The number of ether oxygens (including phenoxy) is 1. The molecular formula is C26H44N2O2. The maximum absolute atomic E-state index is 11.9. The number of methoxy groups -OCH3 is 1. The van der Waals surface area contributed by atoms with Gasteiger partial charge in [-0.2, -0.15) is 0 Å². The summed E-state index contributed by atoms with van der Waals surface area (Å²) in [6.45, 7) is 2.99. The number of carbonyl (C=O) groups is 1. The Kier molecular flexibility index (Phi) is 16.5. The summed E-state index contributed by atoms with van der Waals surface area (Å²) >= 11 is 0. The highest BCUT2D eigenvalue weighted by molar-refractivity contribution is 5.89. The third kappa shape index (κ3) is 14.9. The molecule has 0 saturated carbocycles. The van der Waals surface area contributed by atoms with Crippen LogP contribution in [0.2, 0.25) is 0 Å². The van der Waals surface area contributed by atoms with Gasteiger partial charge in [-0.25, -0.2) is 4.79 Å². The van der Waals surface area contributed by atoms with Gasteiger partial charge < -0.3 is 15.4 Å². The standard InChI is InChI=1S/C26H44N2O2/c1-3-4-5-6-7-8-9-10-11-12-13-14-15-16-17-18-22-27-26(29)28-24-20-19-21-25(23-24)30-2/h10-11,19-21,23H,3-9,12-18,22H2,1-2H3,(H2,27,28,29)/b11-10+. The van der Waals surface area contributed by atoms with Crippen LogP contribution in [0.5, 0.6) is 5.75 Å². The molecule has 4 nitrogen and oxygen atoms in total. The second kappa shape index (κ2) is 19.0. The Bertz CT molecular complexity index is 572. The zero-order valence-electron chi connectivity index (χ0n) is 19.4. The highest BCUT2D eigenvalue weighted by Gasteiger charge is 2.02. The van der Waals surface area contributed by atoms with Gasteiger partial charge in [0.25, 0.3) is 0 Å². The van der Waals surface area contributed by atoms with Crippen LogP contribution in [0, 0.1) is 0 Å². The summed E-state index contributed by atoms with van der Waals surface area (Å²) < 4.78 is 5.16. The molecule has 0 aliphatic heterocycles. The SMILES string of the molecule is CCCCCCCC/C=C/CCCCCCCCNC(=O)Nc1cccc(OC)c1. The minimum atomic E-state index is -0.156. The first-order valence-electron chi connectivity index (χ1n) is 12.1. The number of rotatable bonds is 18. The van der Waals surface area contributed by atoms with E-state index in [0.29, 0.717) is 0 Å². The summed E-state index contributed by atoms with van der Waals surface area (Å²) in [5.74, 6) is 0.737. The number of hydrogen-bond donors (Lipinski definition) is 2. The van der Waals surface area contributed by atoms with Gasteiger partial charge in [-0.15, -0.1) is 0 Å². The summed E-state index contributed by atoms with van der Waals surface area (Å²) in [5, 5.41) is 5.75. The Hall–Kier alpha value is -1.97. The van der Waals surface area contributed by atoms with Crippen LogP contribution in [0.1, 0.15) is 96.8 Å². The Labute approximate surface area is 184 Å². The Morgan fingerprint density at radius 3 is 2.10 bits per heavy atom. The second-order valence-corrected chi connectivity index (χ2v) is 8.05. The molecule has 0 aliphatic rings. The summed E-state index contributed by atoms with van der Waals surface area (Å²) in [6.07, 6.45) is 22.9. The molecule has 1 aromatic rings. The normalized spacial score (nSPS) is 11.0. The van der Waals surface area contributed by atoms with Gasteiger partial charge in [-0.05, 0) is 44.2 Å². The van der Waals surface area contributed by atoms with Crippen LogP contribution < -0.4 is 15.4 Å². The van der Waals surface area contributed by atoms with E-state index in [1.807, 2.05) is 24.3 Å². The molecule has 30 heavy (non-hydrogen) atoms. The van der Waals surface area contributed by atoms with E-state index in [1.165, 1.54) is 83.5 Å². The summed E-state index contributed by atoms with van der Waals surface area (Å²) in [5.41, 5.74) is 0.743. The van der Waals surface area contributed by atoms with Gasteiger partial charge >= 0.3 is 6.03 Å². The van der Waals surface area contributed by atoms with Gasteiger partial charge in [0.15, 0.2) is 0 Å². The molecule has 2 amide bonds. The number of anilines is 1. The fourth-order valence-corrected chi connectivity index (χ4v) is 3.45. The lowest BCUT2D eigenvalue weighted by Crippen LogP contribution is -2.29. The molecule has 1 rings (SSSR count). The minimum absolute atomic E-state index is 0.156. The van der Waals surface area contributed by atoms with Crippen LogP contribution in [0.15, 0.2) is 36.4 Å². The minimum Gasteiger partial charge on any atom is -0.497 e. The summed E-state index contributed by atoms with van der Waals surface area (Å²) in [7, 11) is 1.62. The summed E-state index contributed by atoms with van der Waals surface area (Å²) in [6, 6.07) is 7.22. The van der Waals surface area contributed by atoms with Gasteiger partial charge in [0.1, 0.15) is 5.75 Å². The van der Waals surface area contributed by atoms with Crippen molar-refractivity contribution in [2.45, 2.75) is 96.8 Å². The van der Waals surface area contributed by atoms with Gasteiger partial charge in [-0.1, -0.05) is 82.9 Å². The van der Waals surface area contributed by atoms with Crippen LogP contribution in [0.4, 0.5) is 10.5 Å². The predicted octanol–water partition coefficient (Wildman–Crippen LogP) is 7.85. The fourth-order valence-electron chi connectivity index (χ4n) is 3.45. The number of urea groups is 1. The molecule has 4 heteroatoms. The number of unbranched alkanes of at least 4 members (excludes halogenated alkanes) is 12. The average Bonchev–Trinajstić information content (AvgIpc) is 2.76. The molecule has 0 fully saturated rings. The average molecular weight is 417 g/mol. The lowest BCUT2D eigenvalue weighted by molar-refractivity contribution is 0.252. The van der Waals surface area contributed by atoms with E-state index in [0.717, 1.165) is 24.4 Å². The van der Waals surface area contributed by atoms with E-state index in [4.69, 9.17) is 4.74 Å². The predicted molar refractivity (Wildman–Crippen MR) is 129 cm³/mol. The molecule has 0 unspecified atom stereocenters. The van der Waals surface area contributed by atoms with Crippen molar-refractivity contribution in [3.05, 3.63) is 36.4 Å². The van der Waals surface area contributed by atoms with E-state index < -0.39 is 0 Å². The second-order valence-electron chi connectivity index (χ2n) is 8.05. The van der Waals surface area contributed by atoms with Crippen molar-refractivity contribution >= 4 is 11.7 Å². The molecule has 0 atom stereocenters. The molecule has 1 aromatic carbocycles. The van der Waals surface area contributed by atoms with Crippen LogP contribution in [-0.2, 0) is 0 Å². The van der Waals surface area contributed by atoms with Crippen molar-refractivity contribution in [2.75, 3.05) is 19.0 Å². The zero-order valence-corrected chi connectivity index (χ0v) is 19.4. The number of benzene rings is 1. The monoisotopic (exact) mass is 416 g/mol. The molecule has 0 bridgehead atoms. The highest BCUT2D eigenvalue weighted by atomic mass is 16.5. The zero-order chi connectivity index (χ0) is 21.7. The topological polar surface area (TPSA) is 50.4 Å². The molecule has 2 N–H and O–H groups in total. The quantitative estimate of drug-likeness (QED) is 0.189.